The highest BCUT2D eigenvalue weighted by molar-refractivity contribution is 5.95. The summed E-state index contributed by atoms with van der Waals surface area (Å²) >= 11 is 0. The summed E-state index contributed by atoms with van der Waals surface area (Å²) in [5, 5.41) is 9.48. The SMILES string of the molecule is Cc1cc(Oc2cc(C(F)(F)F)cc(-c3ccccc3C(=O)O)n2)cc(-c2cccc(CN)c2)c1. The number of hydrogen-bond acceptors (Lipinski definition) is 4. The maximum absolute atomic E-state index is 13.7. The predicted molar refractivity (Wildman–Crippen MR) is 126 cm³/mol. The fraction of sp³-hybridized carbons (Fsp3) is 0.111. The van der Waals surface area contributed by atoms with Gasteiger partial charge in [0.1, 0.15) is 5.75 Å². The number of alkyl halides is 3. The minimum atomic E-state index is -4.69. The minimum absolute atomic E-state index is 0.0551. The third-order valence-electron chi connectivity index (χ3n) is 5.33. The molecule has 35 heavy (non-hydrogen) atoms. The molecular formula is C27H21F3N2O3. The van der Waals surface area contributed by atoms with Crippen molar-refractivity contribution in [3.8, 4) is 34.0 Å². The molecule has 0 fully saturated rings. The van der Waals surface area contributed by atoms with E-state index in [1.54, 1.807) is 12.1 Å². The van der Waals surface area contributed by atoms with Gasteiger partial charge in [-0.15, -0.1) is 0 Å². The van der Waals surface area contributed by atoms with Gasteiger partial charge in [-0.1, -0.05) is 42.5 Å². The number of ether oxygens (including phenoxy) is 1. The number of aromatic carboxylic acids is 1. The molecule has 0 bridgehead atoms. The van der Waals surface area contributed by atoms with Crippen molar-refractivity contribution in [2.75, 3.05) is 0 Å². The maximum Gasteiger partial charge on any atom is 0.416 e. The second-order valence-electron chi connectivity index (χ2n) is 7.97. The number of rotatable bonds is 6. The molecule has 3 N–H and O–H groups in total. The number of nitrogens with two attached hydrogens (primary N) is 1. The quantitative estimate of drug-likeness (QED) is 0.322. The van der Waals surface area contributed by atoms with Crippen LogP contribution >= 0.6 is 0 Å². The summed E-state index contributed by atoms with van der Waals surface area (Å²) in [7, 11) is 0. The van der Waals surface area contributed by atoms with Crippen molar-refractivity contribution in [2.24, 2.45) is 5.73 Å². The molecule has 1 aromatic heterocycles. The zero-order chi connectivity index (χ0) is 25.2. The average Bonchev–Trinajstić information content (AvgIpc) is 2.83. The third kappa shape index (κ3) is 5.50. The van der Waals surface area contributed by atoms with Crippen molar-refractivity contribution < 1.29 is 27.8 Å². The Labute approximate surface area is 199 Å². The van der Waals surface area contributed by atoms with E-state index in [9.17, 15) is 23.1 Å². The van der Waals surface area contributed by atoms with Crippen LogP contribution in [0, 0.1) is 6.92 Å². The van der Waals surface area contributed by atoms with Crippen LogP contribution in [0.4, 0.5) is 13.2 Å². The lowest BCUT2D eigenvalue weighted by molar-refractivity contribution is -0.137. The number of pyridine rings is 1. The Kier molecular flexibility index (Phi) is 6.57. The molecule has 0 aliphatic rings. The van der Waals surface area contributed by atoms with Crippen molar-refractivity contribution >= 4 is 5.97 Å². The monoisotopic (exact) mass is 478 g/mol. The Balaban J connectivity index is 1.79. The number of carboxylic acids is 1. The van der Waals surface area contributed by atoms with Gasteiger partial charge >= 0.3 is 12.1 Å². The molecule has 0 spiro atoms. The van der Waals surface area contributed by atoms with Gasteiger partial charge in [-0.3, -0.25) is 0 Å². The lowest BCUT2D eigenvalue weighted by atomic mass is 10.0. The van der Waals surface area contributed by atoms with E-state index in [1.165, 1.54) is 24.3 Å². The molecule has 178 valence electrons. The highest BCUT2D eigenvalue weighted by Crippen LogP contribution is 2.36. The van der Waals surface area contributed by atoms with Gasteiger partial charge in [0.15, 0.2) is 0 Å². The number of halogens is 3. The van der Waals surface area contributed by atoms with Crippen LogP contribution in [-0.4, -0.2) is 16.1 Å². The van der Waals surface area contributed by atoms with E-state index >= 15 is 0 Å². The van der Waals surface area contributed by atoms with E-state index in [0.717, 1.165) is 34.4 Å². The van der Waals surface area contributed by atoms with Crippen molar-refractivity contribution in [3.05, 3.63) is 101 Å². The Morgan fingerprint density at radius 1 is 0.971 bits per heavy atom. The number of carbonyl (C=O) groups is 1. The molecule has 0 saturated heterocycles. The van der Waals surface area contributed by atoms with E-state index in [1.807, 2.05) is 37.3 Å². The summed E-state index contributed by atoms with van der Waals surface area (Å²) in [6, 6.07) is 20.3. The third-order valence-corrected chi connectivity index (χ3v) is 5.33. The summed E-state index contributed by atoms with van der Waals surface area (Å²) < 4.78 is 46.8. The normalized spacial score (nSPS) is 11.3. The second-order valence-corrected chi connectivity index (χ2v) is 7.97. The fourth-order valence-corrected chi connectivity index (χ4v) is 3.72. The Hall–Kier alpha value is -4.17. The van der Waals surface area contributed by atoms with Gasteiger partial charge in [0.2, 0.25) is 5.88 Å². The van der Waals surface area contributed by atoms with Gasteiger partial charge in [-0.2, -0.15) is 13.2 Å². The number of hydrogen-bond donors (Lipinski definition) is 2. The van der Waals surface area contributed by atoms with Crippen LogP contribution in [0.5, 0.6) is 11.6 Å². The molecule has 4 rings (SSSR count). The highest BCUT2D eigenvalue weighted by atomic mass is 19.4. The largest absolute Gasteiger partial charge is 0.478 e. The molecule has 0 aliphatic carbocycles. The molecule has 3 aromatic carbocycles. The molecular weight excluding hydrogens is 457 g/mol. The first-order valence-corrected chi connectivity index (χ1v) is 10.6. The molecule has 0 aliphatic heterocycles. The molecule has 0 unspecified atom stereocenters. The van der Waals surface area contributed by atoms with E-state index in [4.69, 9.17) is 10.5 Å². The van der Waals surface area contributed by atoms with Crippen molar-refractivity contribution in [1.29, 1.82) is 0 Å². The standard InChI is InChI=1S/C27H21F3N2O3/c1-16-9-19(18-6-4-5-17(11-18)15-31)12-21(10-16)35-25-14-20(27(28,29)30)13-24(32-25)22-7-2-3-8-23(22)26(33)34/h2-14H,15,31H2,1H3,(H,33,34). The van der Waals surface area contributed by atoms with Crippen molar-refractivity contribution in [2.45, 2.75) is 19.6 Å². The lowest BCUT2D eigenvalue weighted by Gasteiger charge is -2.14. The smallest absolute Gasteiger partial charge is 0.416 e. The minimum Gasteiger partial charge on any atom is -0.478 e. The first-order chi connectivity index (χ1) is 16.6. The summed E-state index contributed by atoms with van der Waals surface area (Å²) in [5.41, 5.74) is 7.93. The maximum atomic E-state index is 13.7. The topological polar surface area (TPSA) is 85.4 Å². The average molecular weight is 478 g/mol. The van der Waals surface area contributed by atoms with Gasteiger partial charge in [0, 0.05) is 18.2 Å². The van der Waals surface area contributed by atoms with Gasteiger partial charge in [-0.25, -0.2) is 9.78 Å². The summed E-state index contributed by atoms with van der Waals surface area (Å²) in [4.78, 5) is 15.8. The zero-order valence-electron chi connectivity index (χ0n) is 18.6. The molecule has 5 nitrogen and oxygen atoms in total. The highest BCUT2D eigenvalue weighted by Gasteiger charge is 2.32. The molecule has 0 amide bonds. The first-order valence-electron chi connectivity index (χ1n) is 10.6. The van der Waals surface area contributed by atoms with Gasteiger partial charge in [0.05, 0.1) is 16.8 Å². The number of nitrogens with zero attached hydrogens (tertiary/aromatic N) is 1. The van der Waals surface area contributed by atoms with E-state index in [0.29, 0.717) is 12.3 Å². The zero-order valence-corrected chi connectivity index (χ0v) is 18.6. The molecule has 0 radical (unpaired) electrons. The van der Waals surface area contributed by atoms with Crippen LogP contribution in [0.25, 0.3) is 22.4 Å². The molecule has 0 atom stereocenters. The molecule has 1 heterocycles. The summed E-state index contributed by atoms with van der Waals surface area (Å²) in [5.74, 6) is -1.28. The van der Waals surface area contributed by atoms with Crippen LogP contribution in [0.2, 0.25) is 0 Å². The Morgan fingerprint density at radius 3 is 2.46 bits per heavy atom. The number of carboxylic acid groups (broad SMARTS) is 1. The molecule has 8 heteroatoms. The van der Waals surface area contributed by atoms with Crippen LogP contribution < -0.4 is 10.5 Å². The number of benzene rings is 3. The van der Waals surface area contributed by atoms with Crippen LogP contribution in [0.1, 0.15) is 27.0 Å². The predicted octanol–water partition coefficient (Wildman–Crippen LogP) is 6.69. The fourth-order valence-electron chi connectivity index (χ4n) is 3.72. The summed E-state index contributed by atoms with van der Waals surface area (Å²) in [6.45, 7) is 2.22. The van der Waals surface area contributed by atoms with Crippen LogP contribution in [0.3, 0.4) is 0 Å². The Bertz CT molecular complexity index is 1400. The van der Waals surface area contributed by atoms with Crippen molar-refractivity contribution in [3.63, 3.8) is 0 Å². The molecule has 0 saturated carbocycles. The van der Waals surface area contributed by atoms with Crippen molar-refractivity contribution in [1.82, 2.24) is 4.98 Å². The van der Waals surface area contributed by atoms with E-state index < -0.39 is 17.7 Å². The van der Waals surface area contributed by atoms with Gasteiger partial charge in [0.25, 0.3) is 0 Å². The van der Waals surface area contributed by atoms with Gasteiger partial charge in [-0.05, 0) is 59.5 Å². The Morgan fingerprint density at radius 2 is 1.74 bits per heavy atom. The second kappa shape index (κ2) is 9.60. The van der Waals surface area contributed by atoms with Crippen LogP contribution in [-0.2, 0) is 12.7 Å². The first kappa shape index (κ1) is 24.0. The lowest BCUT2D eigenvalue weighted by Crippen LogP contribution is -2.07. The summed E-state index contributed by atoms with van der Waals surface area (Å²) in [6.07, 6.45) is -4.69. The van der Waals surface area contributed by atoms with E-state index in [-0.39, 0.29) is 22.7 Å². The van der Waals surface area contributed by atoms with Gasteiger partial charge < -0.3 is 15.6 Å². The number of aryl methyl sites for hydroxylation is 1. The van der Waals surface area contributed by atoms with Crippen LogP contribution in [0.15, 0.2) is 78.9 Å². The number of aromatic nitrogens is 1. The molecule has 4 aromatic rings. The van der Waals surface area contributed by atoms with E-state index in [2.05, 4.69) is 4.98 Å².